The number of hydrazine groups is 1. The first-order valence-electron chi connectivity index (χ1n) is 7.88. The van der Waals surface area contributed by atoms with Crippen molar-refractivity contribution in [3.63, 3.8) is 0 Å². The van der Waals surface area contributed by atoms with Crippen LogP contribution in [0.4, 0.5) is 0 Å². The number of hydrogen-bond donors (Lipinski definition) is 2. The number of aryl methyl sites for hydroxylation is 2. The number of hydrogen-bond acceptors (Lipinski definition) is 5. The van der Waals surface area contributed by atoms with Crippen LogP contribution in [-0.2, 0) is 13.7 Å². The van der Waals surface area contributed by atoms with E-state index >= 15 is 0 Å². The second kappa shape index (κ2) is 7.56. The molecular weight excluding hydrogens is 336 g/mol. The van der Waals surface area contributed by atoms with Gasteiger partial charge in [0.2, 0.25) is 0 Å². The number of imidazole rings is 1. The van der Waals surface area contributed by atoms with Crippen LogP contribution in [0.2, 0.25) is 0 Å². The third-order valence-electron chi connectivity index (χ3n) is 3.80. The summed E-state index contributed by atoms with van der Waals surface area (Å²) < 4.78 is 12.6. The van der Waals surface area contributed by atoms with Gasteiger partial charge in [-0.25, -0.2) is 4.98 Å². The van der Waals surface area contributed by atoms with Crippen molar-refractivity contribution in [1.29, 1.82) is 0 Å². The summed E-state index contributed by atoms with van der Waals surface area (Å²) in [7, 11) is 1.89. The van der Waals surface area contributed by atoms with Crippen LogP contribution in [0, 0.1) is 6.92 Å². The highest BCUT2D eigenvalue weighted by Crippen LogP contribution is 2.14. The van der Waals surface area contributed by atoms with Gasteiger partial charge in [-0.3, -0.25) is 20.4 Å². The highest BCUT2D eigenvalue weighted by molar-refractivity contribution is 5.99. The molecule has 2 aromatic heterocycles. The van der Waals surface area contributed by atoms with Gasteiger partial charge >= 0.3 is 0 Å². The maximum atomic E-state index is 12.1. The quantitative estimate of drug-likeness (QED) is 0.683. The summed E-state index contributed by atoms with van der Waals surface area (Å²) >= 11 is 0. The smallest absolute Gasteiger partial charge is 0.273 e. The lowest BCUT2D eigenvalue weighted by molar-refractivity contribution is 0.0845. The summed E-state index contributed by atoms with van der Waals surface area (Å²) in [5.41, 5.74) is 5.46. The first-order valence-corrected chi connectivity index (χ1v) is 7.88. The molecule has 26 heavy (non-hydrogen) atoms. The maximum absolute atomic E-state index is 12.1. The van der Waals surface area contributed by atoms with Gasteiger partial charge in [-0.05, 0) is 37.3 Å². The Morgan fingerprint density at radius 3 is 2.50 bits per heavy atom. The monoisotopic (exact) mass is 354 g/mol. The molecule has 0 aliphatic rings. The van der Waals surface area contributed by atoms with Gasteiger partial charge in [0.15, 0.2) is 0 Å². The number of ether oxygens (including phenoxy) is 1. The first-order chi connectivity index (χ1) is 12.5. The number of amides is 2. The fourth-order valence-corrected chi connectivity index (χ4v) is 2.26. The summed E-state index contributed by atoms with van der Waals surface area (Å²) in [5, 5.41) is 0. The van der Waals surface area contributed by atoms with Gasteiger partial charge in [0.05, 0.1) is 11.8 Å². The molecule has 3 aromatic rings. The number of rotatable bonds is 5. The van der Waals surface area contributed by atoms with E-state index in [1.807, 2.05) is 17.8 Å². The predicted octanol–water partition coefficient (Wildman–Crippen LogP) is 1.98. The number of carbonyl (C=O) groups is 2. The fraction of sp³-hybridized carbons (Fsp3) is 0.167. The summed E-state index contributed by atoms with van der Waals surface area (Å²) in [6.45, 7) is 2.00. The molecule has 8 heteroatoms. The van der Waals surface area contributed by atoms with Crippen molar-refractivity contribution in [1.82, 2.24) is 20.4 Å². The normalized spacial score (nSPS) is 10.4. The minimum Gasteiger partial charge on any atom is -0.486 e. The molecular formula is C18H18N4O4. The van der Waals surface area contributed by atoms with E-state index in [9.17, 15) is 9.59 Å². The second-order valence-electron chi connectivity index (χ2n) is 5.57. The van der Waals surface area contributed by atoms with Crippen LogP contribution in [0.25, 0.3) is 0 Å². The Balaban J connectivity index is 1.53. The molecule has 134 valence electrons. The molecule has 0 radical (unpaired) electrons. The number of carbonyl (C=O) groups excluding carboxylic acids is 2. The zero-order valence-electron chi connectivity index (χ0n) is 14.4. The van der Waals surface area contributed by atoms with Crippen LogP contribution >= 0.6 is 0 Å². The highest BCUT2D eigenvalue weighted by Gasteiger charge is 2.13. The van der Waals surface area contributed by atoms with Crippen molar-refractivity contribution in [2.45, 2.75) is 13.5 Å². The Bertz CT molecular complexity index is 911. The Morgan fingerprint density at radius 1 is 1.15 bits per heavy atom. The van der Waals surface area contributed by atoms with Crippen molar-refractivity contribution in [2.75, 3.05) is 0 Å². The average Bonchev–Trinajstić information content (AvgIpc) is 3.26. The van der Waals surface area contributed by atoms with Crippen molar-refractivity contribution in [2.24, 2.45) is 7.05 Å². The number of aromatic nitrogens is 2. The Labute approximate surface area is 149 Å². The van der Waals surface area contributed by atoms with Crippen molar-refractivity contribution >= 4 is 11.8 Å². The van der Waals surface area contributed by atoms with E-state index in [4.69, 9.17) is 9.15 Å². The van der Waals surface area contributed by atoms with E-state index < -0.39 is 11.8 Å². The van der Waals surface area contributed by atoms with E-state index in [-0.39, 0.29) is 0 Å². The lowest BCUT2D eigenvalue weighted by Crippen LogP contribution is -2.41. The van der Waals surface area contributed by atoms with Gasteiger partial charge in [-0.2, -0.15) is 0 Å². The van der Waals surface area contributed by atoms with Crippen LogP contribution in [0.3, 0.4) is 0 Å². The molecule has 3 rings (SSSR count). The Morgan fingerprint density at radius 2 is 1.88 bits per heavy atom. The predicted molar refractivity (Wildman–Crippen MR) is 92.4 cm³/mol. The van der Waals surface area contributed by atoms with Gasteiger partial charge in [0.25, 0.3) is 11.8 Å². The SMILES string of the molecule is Cc1occc1C(=O)NNC(=O)c1ccc(OCc2nccn2C)cc1. The first kappa shape index (κ1) is 17.3. The van der Waals surface area contributed by atoms with Gasteiger partial charge in [-0.1, -0.05) is 0 Å². The summed E-state index contributed by atoms with van der Waals surface area (Å²) in [4.78, 5) is 28.2. The molecule has 1 aromatic carbocycles. The summed E-state index contributed by atoms with van der Waals surface area (Å²) in [6.07, 6.45) is 4.95. The van der Waals surface area contributed by atoms with Gasteiger partial charge in [0, 0.05) is 25.0 Å². The lowest BCUT2D eigenvalue weighted by atomic mass is 10.2. The van der Waals surface area contributed by atoms with Gasteiger partial charge in [-0.15, -0.1) is 0 Å². The fourth-order valence-electron chi connectivity index (χ4n) is 2.26. The molecule has 0 aliphatic heterocycles. The molecule has 0 saturated carbocycles. The van der Waals surface area contributed by atoms with Crippen LogP contribution < -0.4 is 15.6 Å². The second-order valence-corrected chi connectivity index (χ2v) is 5.57. The maximum Gasteiger partial charge on any atom is 0.273 e. The van der Waals surface area contributed by atoms with Crippen molar-refractivity contribution < 1.29 is 18.7 Å². The van der Waals surface area contributed by atoms with Crippen molar-refractivity contribution in [3.05, 3.63) is 71.7 Å². The number of furan rings is 1. The van der Waals surface area contributed by atoms with Crippen LogP contribution in [0.5, 0.6) is 5.75 Å². The minimum atomic E-state index is -0.445. The number of nitrogens with one attached hydrogen (secondary N) is 2. The lowest BCUT2D eigenvalue weighted by Gasteiger charge is -2.09. The van der Waals surface area contributed by atoms with E-state index in [0.29, 0.717) is 29.2 Å². The molecule has 8 nitrogen and oxygen atoms in total. The minimum absolute atomic E-state index is 0.329. The van der Waals surface area contributed by atoms with E-state index in [1.165, 1.54) is 12.3 Å². The number of benzene rings is 1. The molecule has 0 unspecified atom stereocenters. The summed E-state index contributed by atoms with van der Waals surface area (Å²) in [5.74, 6) is 1.01. The van der Waals surface area contributed by atoms with Crippen LogP contribution in [0.15, 0.2) is 53.4 Å². The van der Waals surface area contributed by atoms with Crippen molar-refractivity contribution in [3.8, 4) is 5.75 Å². The zero-order chi connectivity index (χ0) is 18.5. The number of nitrogens with zero attached hydrogens (tertiary/aromatic N) is 2. The van der Waals surface area contributed by atoms with E-state index in [2.05, 4.69) is 15.8 Å². The molecule has 0 spiro atoms. The Hall–Kier alpha value is -3.55. The zero-order valence-corrected chi connectivity index (χ0v) is 14.4. The third kappa shape index (κ3) is 3.92. The molecule has 0 bridgehead atoms. The molecule has 2 heterocycles. The standard InChI is InChI=1S/C18H18N4O4/c1-12-15(7-10-25-12)18(24)21-20-17(23)13-3-5-14(6-4-13)26-11-16-19-8-9-22(16)2/h3-10H,11H2,1-2H3,(H,20,23)(H,21,24). The topological polar surface area (TPSA) is 98.4 Å². The van der Waals surface area contributed by atoms with E-state index in [1.54, 1.807) is 37.4 Å². The largest absolute Gasteiger partial charge is 0.486 e. The van der Waals surface area contributed by atoms with Gasteiger partial charge in [0.1, 0.15) is 23.9 Å². The van der Waals surface area contributed by atoms with Crippen LogP contribution in [0.1, 0.15) is 32.3 Å². The summed E-state index contributed by atoms with van der Waals surface area (Å²) in [6, 6.07) is 8.11. The molecule has 0 atom stereocenters. The molecule has 2 amide bonds. The molecule has 2 N–H and O–H groups in total. The van der Waals surface area contributed by atoms with Gasteiger partial charge < -0.3 is 13.7 Å². The molecule has 0 aliphatic carbocycles. The molecule has 0 saturated heterocycles. The Kier molecular flexibility index (Phi) is 5.02. The average molecular weight is 354 g/mol. The highest BCUT2D eigenvalue weighted by atomic mass is 16.5. The van der Waals surface area contributed by atoms with E-state index in [0.717, 1.165) is 5.82 Å². The van der Waals surface area contributed by atoms with Crippen LogP contribution in [-0.4, -0.2) is 21.4 Å². The molecule has 0 fully saturated rings. The third-order valence-corrected chi connectivity index (χ3v) is 3.80.